The Labute approximate surface area is 133 Å². The highest BCUT2D eigenvalue weighted by molar-refractivity contribution is 7.96. The molecule has 1 heterocycles. The molecular formula is C17H25NO2S. The fourth-order valence-electron chi connectivity index (χ4n) is 2.92. The fourth-order valence-corrected chi connectivity index (χ4v) is 3.18. The van der Waals surface area contributed by atoms with Crippen LogP contribution in [0.5, 0.6) is 5.75 Å². The highest BCUT2D eigenvalue weighted by atomic mass is 32.1. The average molecular weight is 307 g/mol. The molecule has 0 aromatic heterocycles. The molecule has 0 radical (unpaired) electrons. The lowest BCUT2D eigenvalue weighted by atomic mass is 10.0. The molecule has 1 aliphatic heterocycles. The van der Waals surface area contributed by atoms with Gasteiger partial charge in [-0.25, -0.2) is 0 Å². The number of hydrogen-bond donors (Lipinski definition) is 1. The van der Waals surface area contributed by atoms with Gasteiger partial charge in [-0.3, -0.25) is 4.79 Å². The number of likely N-dealkylation sites (tertiary alicyclic amines) is 1. The first-order valence-electron chi connectivity index (χ1n) is 7.95. The van der Waals surface area contributed by atoms with E-state index in [1.54, 1.807) is 0 Å². The maximum absolute atomic E-state index is 11.6. The van der Waals surface area contributed by atoms with E-state index in [1.807, 2.05) is 35.2 Å². The Hall–Kier alpha value is -1.16. The molecule has 1 fully saturated rings. The van der Waals surface area contributed by atoms with Crippen molar-refractivity contribution in [1.82, 2.24) is 4.90 Å². The summed E-state index contributed by atoms with van der Waals surface area (Å²) < 4.78 is 5.70. The van der Waals surface area contributed by atoms with Crippen molar-refractivity contribution in [2.24, 2.45) is 0 Å². The summed E-state index contributed by atoms with van der Waals surface area (Å²) in [6, 6.07) is 10.3. The van der Waals surface area contributed by atoms with E-state index in [0.29, 0.717) is 6.04 Å². The Bertz CT molecular complexity index is 424. The van der Waals surface area contributed by atoms with E-state index in [0.717, 1.165) is 51.0 Å². The number of unbranched alkanes of at least 4 members (excludes halogenated alkanes) is 1. The van der Waals surface area contributed by atoms with Crippen LogP contribution in [0.15, 0.2) is 30.3 Å². The quantitative estimate of drug-likeness (QED) is 0.618. The van der Waals surface area contributed by atoms with Crippen molar-refractivity contribution in [3.05, 3.63) is 30.3 Å². The molecule has 1 aromatic carbocycles. The smallest absolute Gasteiger partial charge is 0.278 e. The summed E-state index contributed by atoms with van der Waals surface area (Å²) in [4.78, 5) is 13.6. The Morgan fingerprint density at radius 2 is 2.00 bits per heavy atom. The molecule has 2 rings (SSSR count). The number of nitrogens with zero attached hydrogens (tertiary/aromatic N) is 1. The Morgan fingerprint density at radius 1 is 1.19 bits per heavy atom. The molecule has 0 bridgehead atoms. The van der Waals surface area contributed by atoms with Gasteiger partial charge in [0.25, 0.3) is 5.24 Å². The molecule has 0 unspecified atom stereocenters. The summed E-state index contributed by atoms with van der Waals surface area (Å²) in [6.07, 6.45) is 7.86. The fraction of sp³-hybridized carbons (Fsp3) is 0.588. The minimum absolute atomic E-state index is 0.0672. The molecule has 0 N–H and O–H groups in total. The monoisotopic (exact) mass is 307 g/mol. The van der Waals surface area contributed by atoms with Gasteiger partial charge in [-0.05, 0) is 44.2 Å². The minimum atomic E-state index is -0.0672. The van der Waals surface area contributed by atoms with E-state index in [9.17, 15) is 4.79 Å². The van der Waals surface area contributed by atoms with Crippen molar-refractivity contribution in [1.29, 1.82) is 0 Å². The zero-order valence-electron chi connectivity index (χ0n) is 12.5. The molecule has 0 spiro atoms. The van der Waals surface area contributed by atoms with Gasteiger partial charge >= 0.3 is 0 Å². The first-order chi connectivity index (χ1) is 10.3. The van der Waals surface area contributed by atoms with Gasteiger partial charge in [-0.15, -0.1) is 0 Å². The second kappa shape index (κ2) is 8.98. The summed E-state index contributed by atoms with van der Waals surface area (Å²) in [5.41, 5.74) is 0. The van der Waals surface area contributed by atoms with Crippen LogP contribution in [0, 0.1) is 0 Å². The number of amides is 1. The molecule has 0 saturated carbocycles. The van der Waals surface area contributed by atoms with E-state index >= 15 is 0 Å². The Morgan fingerprint density at radius 3 is 2.76 bits per heavy atom. The van der Waals surface area contributed by atoms with Crippen molar-refractivity contribution in [2.75, 3.05) is 13.2 Å². The van der Waals surface area contributed by atoms with Crippen LogP contribution >= 0.6 is 12.6 Å². The van der Waals surface area contributed by atoms with Gasteiger partial charge in [-0.2, -0.15) is 0 Å². The van der Waals surface area contributed by atoms with Crippen molar-refractivity contribution >= 4 is 17.9 Å². The normalized spacial score (nSPS) is 19.1. The van der Waals surface area contributed by atoms with E-state index in [4.69, 9.17) is 4.74 Å². The number of carbonyl (C=O) groups excluding carboxylic acids is 1. The average Bonchev–Trinajstić information content (AvgIpc) is 2.73. The molecule has 1 amide bonds. The lowest BCUT2D eigenvalue weighted by Gasteiger charge is -2.28. The SMILES string of the molecule is O=C(S)N1CCCCC[C@H]1CCCCOc1ccccc1. The Balaban J connectivity index is 1.67. The zero-order valence-corrected chi connectivity index (χ0v) is 13.4. The summed E-state index contributed by atoms with van der Waals surface area (Å²) >= 11 is 4.02. The van der Waals surface area contributed by atoms with Gasteiger partial charge in [0.1, 0.15) is 5.75 Å². The van der Waals surface area contributed by atoms with Crippen molar-refractivity contribution in [2.45, 2.75) is 51.0 Å². The maximum atomic E-state index is 11.6. The van der Waals surface area contributed by atoms with E-state index in [2.05, 4.69) is 12.6 Å². The molecule has 0 aliphatic carbocycles. The number of benzene rings is 1. The van der Waals surface area contributed by atoms with Crippen LogP contribution in [0.1, 0.15) is 44.9 Å². The second-order valence-electron chi connectivity index (χ2n) is 5.64. The highest BCUT2D eigenvalue weighted by Crippen LogP contribution is 2.22. The van der Waals surface area contributed by atoms with Crippen molar-refractivity contribution < 1.29 is 9.53 Å². The molecule has 116 valence electrons. The van der Waals surface area contributed by atoms with Crippen LogP contribution < -0.4 is 4.74 Å². The number of hydrogen-bond acceptors (Lipinski definition) is 2. The first-order valence-corrected chi connectivity index (χ1v) is 8.39. The molecule has 1 saturated heterocycles. The van der Waals surface area contributed by atoms with Crippen LogP contribution in [-0.2, 0) is 0 Å². The second-order valence-corrected chi connectivity index (χ2v) is 6.02. The first kappa shape index (κ1) is 16.2. The van der Waals surface area contributed by atoms with Gasteiger partial charge in [-0.1, -0.05) is 43.7 Å². The summed E-state index contributed by atoms with van der Waals surface area (Å²) in [5.74, 6) is 0.930. The lowest BCUT2D eigenvalue weighted by molar-refractivity contribution is 0.193. The number of ether oxygens (including phenoxy) is 1. The lowest BCUT2D eigenvalue weighted by Crippen LogP contribution is -2.36. The molecule has 1 atom stereocenters. The summed E-state index contributed by atoms with van der Waals surface area (Å²) in [5, 5.41) is -0.0672. The van der Waals surface area contributed by atoms with Gasteiger partial charge in [0.15, 0.2) is 0 Å². The summed E-state index contributed by atoms with van der Waals surface area (Å²) in [6.45, 7) is 1.61. The molecular weight excluding hydrogens is 282 g/mol. The van der Waals surface area contributed by atoms with E-state index in [-0.39, 0.29) is 5.24 Å². The predicted molar refractivity (Wildman–Crippen MR) is 89.1 cm³/mol. The van der Waals surface area contributed by atoms with Crippen LogP contribution in [-0.4, -0.2) is 29.3 Å². The highest BCUT2D eigenvalue weighted by Gasteiger charge is 2.22. The Kier molecular flexibility index (Phi) is 6.93. The van der Waals surface area contributed by atoms with Crippen LogP contribution in [0.25, 0.3) is 0 Å². The number of carbonyl (C=O) groups is 1. The van der Waals surface area contributed by atoms with Crippen LogP contribution in [0.3, 0.4) is 0 Å². The molecule has 3 nitrogen and oxygen atoms in total. The van der Waals surface area contributed by atoms with Crippen molar-refractivity contribution in [3.8, 4) is 5.75 Å². The van der Waals surface area contributed by atoms with Crippen molar-refractivity contribution in [3.63, 3.8) is 0 Å². The molecule has 4 heteroatoms. The molecule has 21 heavy (non-hydrogen) atoms. The standard InChI is InChI=1S/C17H25NO2S/c19-17(21)18-13-7-2-3-9-15(18)10-6-8-14-20-16-11-4-1-5-12-16/h1,4-5,11-12,15H,2-3,6-10,13-14H2,(H,19,21)/t15-/m0/s1. The third-order valence-corrected chi connectivity index (χ3v) is 4.32. The number of para-hydroxylation sites is 1. The van der Waals surface area contributed by atoms with E-state index < -0.39 is 0 Å². The largest absolute Gasteiger partial charge is 0.494 e. The van der Waals surface area contributed by atoms with Gasteiger partial charge in [0.2, 0.25) is 0 Å². The summed E-state index contributed by atoms with van der Waals surface area (Å²) in [7, 11) is 0. The molecule has 1 aromatic rings. The third kappa shape index (κ3) is 5.62. The van der Waals surface area contributed by atoms with Gasteiger partial charge in [0.05, 0.1) is 6.61 Å². The van der Waals surface area contributed by atoms with E-state index in [1.165, 1.54) is 12.8 Å². The third-order valence-electron chi connectivity index (χ3n) is 4.07. The number of rotatable bonds is 6. The minimum Gasteiger partial charge on any atom is -0.494 e. The van der Waals surface area contributed by atoms with Crippen LogP contribution in [0.2, 0.25) is 0 Å². The van der Waals surface area contributed by atoms with Gasteiger partial charge < -0.3 is 9.64 Å². The zero-order chi connectivity index (χ0) is 14.9. The predicted octanol–water partition coefficient (Wildman–Crippen LogP) is 4.53. The number of thiol groups is 1. The maximum Gasteiger partial charge on any atom is 0.278 e. The van der Waals surface area contributed by atoms with Crippen LogP contribution in [0.4, 0.5) is 4.79 Å². The van der Waals surface area contributed by atoms with Gasteiger partial charge in [0, 0.05) is 12.6 Å². The topological polar surface area (TPSA) is 29.5 Å². The molecule has 1 aliphatic rings.